The zero-order valence-corrected chi connectivity index (χ0v) is 19.7. The molecule has 2 aliphatic rings. The van der Waals surface area contributed by atoms with Gasteiger partial charge in [0.05, 0.1) is 16.2 Å². The van der Waals surface area contributed by atoms with E-state index in [1.54, 1.807) is 12.4 Å². The lowest BCUT2D eigenvalue weighted by Crippen LogP contribution is -2.74. The van der Waals surface area contributed by atoms with E-state index in [4.69, 9.17) is 9.84 Å². The number of rotatable bonds is 5. The first-order valence-electron chi connectivity index (χ1n) is 10.8. The van der Waals surface area contributed by atoms with Crippen LogP contribution in [0.25, 0.3) is 16.9 Å². The van der Waals surface area contributed by atoms with Crippen LogP contribution in [0.5, 0.6) is 5.75 Å². The zero-order valence-electron chi connectivity index (χ0n) is 18.1. The minimum absolute atomic E-state index is 0.184. The third-order valence-electron chi connectivity index (χ3n) is 6.23. The van der Waals surface area contributed by atoms with Gasteiger partial charge in [-0.25, -0.2) is 4.68 Å². The maximum Gasteiger partial charge on any atom is 0.127 e. The van der Waals surface area contributed by atoms with Crippen molar-refractivity contribution in [2.45, 2.75) is 39.0 Å². The standard InChI is InChI=1S/C24H28BrN5O/c1-24(2,3)23-21(15-29(23)18-12-27-13-18)31-19-6-4-17(5-7-19)30-14-20(25)22(28-30)16-8-10-26-11-9-16/h4-11,14,18,21,23,27H,12-13,15H2,1-3H3. The van der Waals surface area contributed by atoms with Crippen LogP contribution in [0.4, 0.5) is 0 Å². The summed E-state index contributed by atoms with van der Waals surface area (Å²) in [5.41, 5.74) is 3.11. The molecule has 4 heterocycles. The number of halogens is 1. The predicted molar refractivity (Wildman–Crippen MR) is 126 cm³/mol. The molecule has 31 heavy (non-hydrogen) atoms. The summed E-state index contributed by atoms with van der Waals surface area (Å²) in [6.45, 7) is 10.1. The van der Waals surface area contributed by atoms with Crippen molar-refractivity contribution in [3.8, 4) is 22.7 Å². The van der Waals surface area contributed by atoms with Crippen molar-refractivity contribution < 1.29 is 4.74 Å². The number of nitrogens with one attached hydrogen (secondary N) is 1. The Morgan fingerprint density at radius 1 is 1.06 bits per heavy atom. The van der Waals surface area contributed by atoms with Crippen molar-refractivity contribution in [3.05, 3.63) is 59.5 Å². The highest BCUT2D eigenvalue weighted by Crippen LogP contribution is 2.38. The van der Waals surface area contributed by atoms with Gasteiger partial charge in [-0.2, -0.15) is 5.10 Å². The molecule has 0 saturated carbocycles. The molecule has 2 unspecified atom stereocenters. The molecule has 1 aromatic carbocycles. The summed E-state index contributed by atoms with van der Waals surface area (Å²) in [5, 5.41) is 8.13. The largest absolute Gasteiger partial charge is 0.487 e. The molecule has 2 saturated heterocycles. The second kappa shape index (κ2) is 8.04. The van der Waals surface area contributed by atoms with Crippen LogP contribution in [0.3, 0.4) is 0 Å². The first-order valence-corrected chi connectivity index (χ1v) is 11.6. The summed E-state index contributed by atoms with van der Waals surface area (Å²) >= 11 is 3.63. The number of benzene rings is 1. The normalized spacial score (nSPS) is 22.1. The summed E-state index contributed by atoms with van der Waals surface area (Å²) < 4.78 is 9.26. The first kappa shape index (κ1) is 20.7. The van der Waals surface area contributed by atoms with E-state index in [9.17, 15) is 0 Å². The molecule has 0 amide bonds. The van der Waals surface area contributed by atoms with Crippen molar-refractivity contribution in [1.29, 1.82) is 0 Å². The molecule has 162 valence electrons. The van der Waals surface area contributed by atoms with Crippen LogP contribution in [0.2, 0.25) is 0 Å². The van der Waals surface area contributed by atoms with E-state index in [2.05, 4.69) is 64.0 Å². The molecular weight excluding hydrogens is 454 g/mol. The summed E-state index contributed by atoms with van der Waals surface area (Å²) in [4.78, 5) is 6.69. The molecule has 0 spiro atoms. The number of hydrogen-bond donors (Lipinski definition) is 1. The van der Waals surface area contributed by atoms with Crippen molar-refractivity contribution >= 4 is 15.9 Å². The Kier molecular flexibility index (Phi) is 5.36. The molecule has 5 rings (SSSR count). The van der Waals surface area contributed by atoms with Crippen LogP contribution in [-0.2, 0) is 0 Å². The third kappa shape index (κ3) is 4.02. The Labute approximate surface area is 191 Å². The lowest BCUT2D eigenvalue weighted by atomic mass is 9.75. The lowest BCUT2D eigenvalue weighted by molar-refractivity contribution is -0.124. The molecule has 0 bridgehead atoms. The molecule has 1 N–H and O–H groups in total. The number of ether oxygens (including phenoxy) is 1. The average Bonchev–Trinajstić information content (AvgIpc) is 3.07. The van der Waals surface area contributed by atoms with E-state index >= 15 is 0 Å². The van der Waals surface area contributed by atoms with Gasteiger partial charge in [-0.15, -0.1) is 0 Å². The van der Waals surface area contributed by atoms with Gasteiger partial charge in [-0.05, 0) is 57.7 Å². The van der Waals surface area contributed by atoms with Gasteiger partial charge in [-0.3, -0.25) is 9.88 Å². The van der Waals surface area contributed by atoms with Gasteiger partial charge in [0, 0.05) is 49.8 Å². The van der Waals surface area contributed by atoms with Crippen molar-refractivity contribution in [2.75, 3.05) is 19.6 Å². The van der Waals surface area contributed by atoms with Gasteiger partial charge in [0.1, 0.15) is 17.5 Å². The van der Waals surface area contributed by atoms with E-state index in [-0.39, 0.29) is 11.5 Å². The van der Waals surface area contributed by atoms with Crippen LogP contribution in [0.1, 0.15) is 20.8 Å². The van der Waals surface area contributed by atoms with Crippen LogP contribution >= 0.6 is 15.9 Å². The van der Waals surface area contributed by atoms with Gasteiger partial charge in [0.25, 0.3) is 0 Å². The maximum atomic E-state index is 6.42. The Balaban J connectivity index is 1.30. The molecule has 2 aromatic heterocycles. The number of nitrogens with zero attached hydrogens (tertiary/aromatic N) is 4. The monoisotopic (exact) mass is 481 g/mol. The quantitative estimate of drug-likeness (QED) is 0.593. The highest BCUT2D eigenvalue weighted by molar-refractivity contribution is 9.10. The Hall–Kier alpha value is -2.22. The van der Waals surface area contributed by atoms with Gasteiger partial charge < -0.3 is 10.1 Å². The van der Waals surface area contributed by atoms with Gasteiger partial charge in [0.2, 0.25) is 0 Å². The van der Waals surface area contributed by atoms with E-state index in [1.807, 2.05) is 35.1 Å². The Bertz CT molecular complexity index is 1040. The summed E-state index contributed by atoms with van der Waals surface area (Å²) in [5.74, 6) is 0.912. The molecule has 6 nitrogen and oxygen atoms in total. The first-order chi connectivity index (χ1) is 14.9. The van der Waals surface area contributed by atoms with E-state index in [1.165, 1.54) is 0 Å². The average molecular weight is 482 g/mol. The van der Waals surface area contributed by atoms with E-state index in [0.717, 1.165) is 46.8 Å². The van der Waals surface area contributed by atoms with E-state index < -0.39 is 0 Å². The summed E-state index contributed by atoms with van der Waals surface area (Å²) in [6, 6.07) is 13.2. The van der Waals surface area contributed by atoms with Gasteiger partial charge in [0.15, 0.2) is 0 Å². The molecule has 7 heteroatoms. The molecule has 0 radical (unpaired) electrons. The maximum absolute atomic E-state index is 6.42. The van der Waals surface area contributed by atoms with Crippen LogP contribution in [-0.4, -0.2) is 57.5 Å². The highest BCUT2D eigenvalue weighted by atomic mass is 79.9. The molecule has 2 fully saturated rings. The fourth-order valence-corrected chi connectivity index (χ4v) is 5.08. The predicted octanol–water partition coefficient (Wildman–Crippen LogP) is 4.15. The molecular formula is C24H28BrN5O. The van der Waals surface area contributed by atoms with Gasteiger partial charge in [-0.1, -0.05) is 20.8 Å². The van der Waals surface area contributed by atoms with Crippen LogP contribution in [0.15, 0.2) is 59.5 Å². The highest BCUT2D eigenvalue weighted by Gasteiger charge is 2.50. The zero-order chi connectivity index (χ0) is 21.6. The SMILES string of the molecule is CC(C)(C)C1C(Oc2ccc(-n3cc(Br)c(-c4ccncc4)n3)cc2)CN1C1CNC1. The Morgan fingerprint density at radius 3 is 2.39 bits per heavy atom. The van der Waals surface area contributed by atoms with E-state index in [0.29, 0.717) is 12.1 Å². The smallest absolute Gasteiger partial charge is 0.127 e. The molecule has 0 aliphatic carbocycles. The van der Waals surface area contributed by atoms with Crippen molar-refractivity contribution in [3.63, 3.8) is 0 Å². The number of aromatic nitrogens is 3. The minimum Gasteiger partial charge on any atom is -0.487 e. The van der Waals surface area contributed by atoms with Crippen molar-refractivity contribution in [1.82, 2.24) is 25.0 Å². The number of likely N-dealkylation sites (tertiary alicyclic amines) is 1. The van der Waals surface area contributed by atoms with Crippen LogP contribution in [0, 0.1) is 5.41 Å². The fourth-order valence-electron chi connectivity index (χ4n) is 4.58. The second-order valence-electron chi connectivity index (χ2n) is 9.48. The molecule has 3 aromatic rings. The summed E-state index contributed by atoms with van der Waals surface area (Å²) in [7, 11) is 0. The van der Waals surface area contributed by atoms with Crippen LogP contribution < -0.4 is 10.1 Å². The van der Waals surface area contributed by atoms with Crippen molar-refractivity contribution in [2.24, 2.45) is 5.41 Å². The molecule has 2 aliphatic heterocycles. The topological polar surface area (TPSA) is 55.2 Å². The Morgan fingerprint density at radius 2 is 1.77 bits per heavy atom. The molecule has 2 atom stereocenters. The lowest BCUT2D eigenvalue weighted by Gasteiger charge is -2.58. The fraction of sp³-hybridized carbons (Fsp3) is 0.417. The van der Waals surface area contributed by atoms with Gasteiger partial charge >= 0.3 is 0 Å². The minimum atomic E-state index is 0.184. The number of pyridine rings is 1. The summed E-state index contributed by atoms with van der Waals surface area (Å²) in [6.07, 6.45) is 5.77. The number of hydrogen-bond acceptors (Lipinski definition) is 5. The second-order valence-corrected chi connectivity index (χ2v) is 10.3. The third-order valence-corrected chi connectivity index (χ3v) is 6.81.